The highest BCUT2D eigenvalue weighted by Crippen LogP contribution is 2.47. The number of hydrogen-bond acceptors (Lipinski definition) is 8. The van der Waals surface area contributed by atoms with Crippen molar-refractivity contribution in [3.8, 4) is 5.75 Å². The van der Waals surface area contributed by atoms with E-state index in [4.69, 9.17) is 21.1 Å². The molecule has 1 aliphatic carbocycles. The first-order valence-corrected chi connectivity index (χ1v) is 21.0. The molecular weight excluding hydrogens is 684 g/mol. The molecule has 2 saturated heterocycles. The largest absolute Gasteiger partial charge is 0.487 e. The van der Waals surface area contributed by atoms with Crippen LogP contribution in [0.25, 0.3) is 0 Å². The number of nitrogens with zero attached hydrogens (tertiary/aromatic N) is 3. The summed E-state index contributed by atoms with van der Waals surface area (Å²) in [5, 5.41) is -0.0441. The van der Waals surface area contributed by atoms with Crippen molar-refractivity contribution in [1.29, 1.82) is 0 Å². The Morgan fingerprint density at radius 2 is 1.84 bits per heavy atom. The van der Waals surface area contributed by atoms with Gasteiger partial charge in [0, 0.05) is 63.0 Å². The van der Waals surface area contributed by atoms with Crippen molar-refractivity contribution >= 4 is 33.2 Å². The van der Waals surface area contributed by atoms with Crippen LogP contribution in [-0.2, 0) is 27.8 Å². The number of ether oxygens (including phenoxy) is 2. The van der Waals surface area contributed by atoms with Gasteiger partial charge in [0.2, 0.25) is 10.0 Å². The summed E-state index contributed by atoms with van der Waals surface area (Å²) in [5.74, 6) is 0.533. The number of sulfonamides is 1. The van der Waals surface area contributed by atoms with Crippen molar-refractivity contribution in [2.24, 2.45) is 17.8 Å². The summed E-state index contributed by atoms with van der Waals surface area (Å²) >= 11 is 6.40. The van der Waals surface area contributed by atoms with Gasteiger partial charge in [0.1, 0.15) is 18.0 Å². The molecule has 2 aromatic carbocycles. The minimum Gasteiger partial charge on any atom is -0.487 e. The maximum Gasteiger partial charge on any atom is 0.264 e. The number of allylic oxidation sites excluding steroid dienone is 1. The summed E-state index contributed by atoms with van der Waals surface area (Å²) in [4.78, 5) is 21.3. The predicted octanol–water partition coefficient (Wildman–Crippen LogP) is 6.30. The van der Waals surface area contributed by atoms with E-state index in [0.717, 1.165) is 87.6 Å². The molecule has 3 fully saturated rings. The second kappa shape index (κ2) is 15.4. The molecule has 5 aliphatic rings. The number of aryl methyl sites for hydroxylation is 1. The van der Waals surface area contributed by atoms with Crippen LogP contribution >= 0.6 is 11.6 Å². The van der Waals surface area contributed by atoms with Crippen molar-refractivity contribution < 1.29 is 22.7 Å². The molecule has 51 heavy (non-hydrogen) atoms. The Balaban J connectivity index is 1.26. The second-order valence-electron chi connectivity index (χ2n) is 15.8. The fourth-order valence-electron chi connectivity index (χ4n) is 9.18. The van der Waals surface area contributed by atoms with E-state index in [2.05, 4.69) is 31.6 Å². The van der Waals surface area contributed by atoms with Crippen molar-refractivity contribution in [3.05, 3.63) is 70.3 Å². The summed E-state index contributed by atoms with van der Waals surface area (Å²) in [5.41, 5.74) is 2.93. The molecule has 7 rings (SSSR count). The number of hydrogen-bond donors (Lipinski definition) is 1. The van der Waals surface area contributed by atoms with E-state index in [9.17, 15) is 13.2 Å². The van der Waals surface area contributed by atoms with Crippen molar-refractivity contribution in [3.63, 3.8) is 0 Å². The van der Waals surface area contributed by atoms with E-state index in [-0.39, 0.29) is 5.92 Å². The Kier molecular flexibility index (Phi) is 11.1. The van der Waals surface area contributed by atoms with E-state index in [1.54, 1.807) is 13.0 Å². The number of halogens is 1. The molecule has 1 saturated carbocycles. The summed E-state index contributed by atoms with van der Waals surface area (Å²) in [7, 11) is -2.08. The number of carbonyl (C=O) groups is 1. The second-order valence-corrected chi connectivity index (χ2v) is 18.2. The molecule has 2 aromatic rings. The smallest absolute Gasteiger partial charge is 0.264 e. The van der Waals surface area contributed by atoms with Gasteiger partial charge in [-0.2, -0.15) is 0 Å². The zero-order chi connectivity index (χ0) is 35.8. The minimum absolute atomic E-state index is 0.206. The maximum absolute atomic E-state index is 13.6. The molecule has 0 aromatic heterocycles. The molecular formula is C40H55ClN4O5S. The van der Waals surface area contributed by atoms with Gasteiger partial charge >= 0.3 is 0 Å². The number of amides is 1. The number of nitrogens with one attached hydrogen (secondary N) is 1. The first-order valence-electron chi connectivity index (χ1n) is 19.1. The first-order chi connectivity index (χ1) is 24.5. The van der Waals surface area contributed by atoms with Crippen LogP contribution in [0.15, 0.2) is 48.6 Å². The van der Waals surface area contributed by atoms with Crippen LogP contribution in [-0.4, -0.2) is 93.9 Å². The maximum atomic E-state index is 13.6. The molecule has 0 unspecified atom stereocenters. The van der Waals surface area contributed by atoms with Gasteiger partial charge in [0.05, 0.1) is 10.9 Å². The first kappa shape index (κ1) is 36.7. The lowest BCUT2D eigenvalue weighted by Crippen LogP contribution is -2.59. The molecule has 4 aliphatic heterocycles. The van der Waals surface area contributed by atoms with Crippen molar-refractivity contribution in [2.75, 3.05) is 57.8 Å². The van der Waals surface area contributed by atoms with Gasteiger partial charge in [0.25, 0.3) is 5.91 Å². The highest BCUT2D eigenvalue weighted by molar-refractivity contribution is 7.90. The standard InChI is InChI=1S/C40H55ClN4O5S/c1-28-8-6-17-40(49-3,27-43-20-21-44-19-7-10-35(44)25-43)36-15-12-32(36)24-45-18-5-4-9-30-22-34(41)14-11-33(30)26-50-38-16-13-31(23-37(38)45)39(46)42-51(47,48)29(28)2/h6,11,13-14,16-17,22-23,28-29,32,35-36H,4-5,7-10,12,15,18-21,24-27H2,1-3H3,(H,42,46)/b17-6+/t28-,29+,32-,35+,36+,40+/m0/s1. The van der Waals surface area contributed by atoms with Gasteiger partial charge in [-0.25, -0.2) is 13.1 Å². The molecule has 1 N–H and O–H groups in total. The lowest BCUT2D eigenvalue weighted by molar-refractivity contribution is -0.0973. The van der Waals surface area contributed by atoms with E-state index in [1.807, 2.05) is 44.4 Å². The van der Waals surface area contributed by atoms with Gasteiger partial charge in [-0.15, -0.1) is 0 Å². The third-order valence-corrected chi connectivity index (χ3v) is 14.8. The Hall–Kier alpha value is -2.63. The molecule has 6 atom stereocenters. The van der Waals surface area contributed by atoms with Crippen LogP contribution in [0.3, 0.4) is 0 Å². The number of rotatable bonds is 3. The average Bonchev–Trinajstić information content (AvgIpc) is 3.56. The monoisotopic (exact) mass is 738 g/mol. The van der Waals surface area contributed by atoms with Crippen molar-refractivity contribution in [1.82, 2.24) is 14.5 Å². The van der Waals surface area contributed by atoms with Crippen LogP contribution in [0.2, 0.25) is 5.02 Å². The Morgan fingerprint density at radius 1 is 0.980 bits per heavy atom. The van der Waals surface area contributed by atoms with E-state index >= 15 is 0 Å². The molecule has 0 radical (unpaired) electrons. The highest BCUT2D eigenvalue weighted by atomic mass is 35.5. The molecule has 1 amide bonds. The summed E-state index contributed by atoms with van der Waals surface area (Å²) < 4.78 is 42.8. The van der Waals surface area contributed by atoms with Crippen LogP contribution < -0.4 is 14.4 Å². The summed E-state index contributed by atoms with van der Waals surface area (Å²) in [6.07, 6.45) is 12.6. The van der Waals surface area contributed by atoms with Gasteiger partial charge < -0.3 is 14.4 Å². The van der Waals surface area contributed by atoms with Crippen LogP contribution in [0, 0.1) is 17.8 Å². The van der Waals surface area contributed by atoms with E-state index in [1.165, 1.54) is 24.9 Å². The minimum atomic E-state index is -3.94. The van der Waals surface area contributed by atoms with Gasteiger partial charge in [0.15, 0.2) is 0 Å². The SMILES string of the molecule is CO[C@@]1(CN2CCN3CCC[C@@H]3C2)/C=C/C[C@H](C)[C@@H](C)S(=O)(=O)NC(=O)c2ccc3c(c2)N(CCCCc2cc(Cl)ccc2CO3)C[C@@H]2CC[C@H]21. The Morgan fingerprint density at radius 3 is 2.65 bits per heavy atom. The molecule has 278 valence electrons. The van der Waals surface area contributed by atoms with Gasteiger partial charge in [-0.05, 0) is 124 Å². The Labute approximate surface area is 309 Å². The predicted molar refractivity (Wildman–Crippen MR) is 203 cm³/mol. The van der Waals surface area contributed by atoms with Gasteiger partial charge in [-0.3, -0.25) is 14.6 Å². The third-order valence-electron chi connectivity index (χ3n) is 12.7. The highest BCUT2D eigenvalue weighted by Gasteiger charge is 2.49. The third kappa shape index (κ3) is 7.86. The zero-order valence-electron chi connectivity index (χ0n) is 30.5. The van der Waals surface area contributed by atoms with Crippen molar-refractivity contribution in [2.45, 2.75) is 88.7 Å². The van der Waals surface area contributed by atoms with E-state index < -0.39 is 26.8 Å². The topological polar surface area (TPSA) is 91.4 Å². The lowest BCUT2D eigenvalue weighted by atomic mass is 9.63. The normalized spacial score (nSPS) is 32.6. The summed E-state index contributed by atoms with van der Waals surface area (Å²) in [6, 6.07) is 11.9. The summed E-state index contributed by atoms with van der Waals surface area (Å²) in [6.45, 7) is 10.8. The quantitative estimate of drug-likeness (QED) is 0.368. The fourth-order valence-corrected chi connectivity index (χ4v) is 10.7. The number of methoxy groups -OCH3 is 1. The number of benzene rings is 2. The molecule has 4 heterocycles. The molecule has 11 heteroatoms. The number of piperazine rings is 1. The average molecular weight is 739 g/mol. The van der Waals surface area contributed by atoms with E-state index in [0.29, 0.717) is 42.2 Å². The molecule has 2 bridgehead atoms. The zero-order valence-corrected chi connectivity index (χ0v) is 32.1. The number of anilines is 1. The molecule has 0 spiro atoms. The fraction of sp³-hybridized carbons (Fsp3) is 0.625. The number of carbonyl (C=O) groups excluding carboxylic acids is 1. The molecule has 9 nitrogen and oxygen atoms in total. The Bertz CT molecular complexity index is 1720. The van der Waals surface area contributed by atoms with Crippen LogP contribution in [0.4, 0.5) is 5.69 Å². The van der Waals surface area contributed by atoms with Crippen LogP contribution in [0.1, 0.15) is 80.3 Å². The van der Waals surface area contributed by atoms with Crippen LogP contribution in [0.5, 0.6) is 5.75 Å². The van der Waals surface area contributed by atoms with Gasteiger partial charge in [-0.1, -0.05) is 36.7 Å². The number of fused-ring (bicyclic) bond motifs is 4. The lowest BCUT2D eigenvalue weighted by Gasteiger charge is -2.52.